The summed E-state index contributed by atoms with van der Waals surface area (Å²) in [7, 11) is 0. The highest BCUT2D eigenvalue weighted by molar-refractivity contribution is 7.09. The van der Waals surface area contributed by atoms with Crippen molar-refractivity contribution in [3.63, 3.8) is 0 Å². The molecule has 0 aliphatic carbocycles. The first kappa shape index (κ1) is 17.1. The van der Waals surface area contributed by atoms with Gasteiger partial charge >= 0.3 is 0 Å². The zero-order valence-corrected chi connectivity index (χ0v) is 14.7. The fourth-order valence-corrected chi connectivity index (χ4v) is 3.72. The van der Waals surface area contributed by atoms with Gasteiger partial charge in [-0.1, -0.05) is 0 Å². The number of aliphatic hydroxyl groups excluding tert-OH is 1. The molecule has 0 bridgehead atoms. The van der Waals surface area contributed by atoms with Crippen molar-refractivity contribution in [2.45, 2.75) is 32.4 Å². The lowest BCUT2D eigenvalue weighted by Crippen LogP contribution is -2.54. The Morgan fingerprint density at radius 1 is 1.50 bits per heavy atom. The SMILES string of the molecule is Cc1nc(CC(=O)N2CCN(Cc3ccco3)[C@@H](CCO)C2)cs1. The first-order valence-corrected chi connectivity index (χ1v) is 9.09. The van der Waals surface area contributed by atoms with Crippen LogP contribution >= 0.6 is 11.3 Å². The number of aliphatic hydroxyl groups is 1. The number of nitrogens with zero attached hydrogens (tertiary/aromatic N) is 3. The van der Waals surface area contributed by atoms with Crippen LogP contribution in [0.25, 0.3) is 0 Å². The number of amides is 1. The number of carbonyl (C=O) groups excluding carboxylic acids is 1. The molecule has 1 N–H and O–H groups in total. The van der Waals surface area contributed by atoms with Crippen LogP contribution in [0.3, 0.4) is 0 Å². The van der Waals surface area contributed by atoms with Gasteiger partial charge in [0.2, 0.25) is 5.91 Å². The average molecular weight is 349 g/mol. The van der Waals surface area contributed by atoms with E-state index in [0.717, 1.165) is 23.0 Å². The monoisotopic (exact) mass is 349 g/mol. The minimum atomic E-state index is 0.112. The van der Waals surface area contributed by atoms with E-state index in [2.05, 4.69) is 9.88 Å². The van der Waals surface area contributed by atoms with Crippen LogP contribution in [0.5, 0.6) is 0 Å². The van der Waals surface area contributed by atoms with Gasteiger partial charge in [0.25, 0.3) is 0 Å². The second-order valence-corrected chi connectivity index (χ2v) is 7.15. The molecular weight excluding hydrogens is 326 g/mol. The largest absolute Gasteiger partial charge is 0.468 e. The number of thiazole rings is 1. The predicted octanol–water partition coefficient (Wildman–Crippen LogP) is 1.68. The molecule has 0 saturated carbocycles. The Balaban J connectivity index is 1.60. The Morgan fingerprint density at radius 2 is 2.38 bits per heavy atom. The van der Waals surface area contributed by atoms with Crippen molar-refractivity contribution in [3.8, 4) is 0 Å². The molecule has 6 nitrogen and oxygen atoms in total. The Morgan fingerprint density at radius 3 is 3.04 bits per heavy atom. The summed E-state index contributed by atoms with van der Waals surface area (Å²) in [6, 6.07) is 3.99. The molecule has 2 aromatic heterocycles. The zero-order chi connectivity index (χ0) is 16.9. The summed E-state index contributed by atoms with van der Waals surface area (Å²) < 4.78 is 5.43. The number of hydrogen-bond donors (Lipinski definition) is 1. The molecular formula is C17H23N3O3S. The van der Waals surface area contributed by atoms with Gasteiger partial charge in [-0.3, -0.25) is 9.69 Å². The molecule has 24 heavy (non-hydrogen) atoms. The van der Waals surface area contributed by atoms with Gasteiger partial charge in [-0.25, -0.2) is 4.98 Å². The lowest BCUT2D eigenvalue weighted by molar-refractivity contribution is -0.134. The number of hydrogen-bond acceptors (Lipinski definition) is 6. The zero-order valence-electron chi connectivity index (χ0n) is 13.9. The summed E-state index contributed by atoms with van der Waals surface area (Å²) in [5.41, 5.74) is 0.847. The fourth-order valence-electron chi connectivity index (χ4n) is 3.11. The molecule has 7 heteroatoms. The molecule has 1 aliphatic heterocycles. The van der Waals surface area contributed by atoms with Crippen molar-refractivity contribution < 1.29 is 14.3 Å². The minimum absolute atomic E-state index is 0.112. The number of piperazine rings is 1. The fraction of sp³-hybridized carbons (Fsp3) is 0.529. The third-order valence-electron chi connectivity index (χ3n) is 4.36. The highest BCUT2D eigenvalue weighted by Crippen LogP contribution is 2.18. The average Bonchev–Trinajstić information content (AvgIpc) is 3.21. The maximum Gasteiger partial charge on any atom is 0.228 e. The van der Waals surface area contributed by atoms with Crippen LogP contribution in [0.15, 0.2) is 28.2 Å². The highest BCUT2D eigenvalue weighted by Gasteiger charge is 2.29. The molecule has 1 amide bonds. The molecule has 3 rings (SSSR count). The van der Waals surface area contributed by atoms with Gasteiger partial charge in [0, 0.05) is 37.7 Å². The summed E-state index contributed by atoms with van der Waals surface area (Å²) in [4.78, 5) is 21.1. The number of furan rings is 1. The minimum Gasteiger partial charge on any atom is -0.468 e. The number of rotatable bonds is 6. The van der Waals surface area contributed by atoms with Crippen molar-refractivity contribution in [1.29, 1.82) is 0 Å². The van der Waals surface area contributed by atoms with Crippen LogP contribution in [-0.2, 0) is 17.8 Å². The third-order valence-corrected chi connectivity index (χ3v) is 5.18. The molecule has 2 aromatic rings. The molecule has 0 aromatic carbocycles. The van der Waals surface area contributed by atoms with Crippen molar-refractivity contribution in [2.75, 3.05) is 26.2 Å². The van der Waals surface area contributed by atoms with Crippen LogP contribution in [0.1, 0.15) is 22.9 Å². The molecule has 0 unspecified atom stereocenters. The van der Waals surface area contributed by atoms with Crippen LogP contribution in [-0.4, -0.2) is 58.1 Å². The van der Waals surface area contributed by atoms with Crippen LogP contribution in [0.2, 0.25) is 0 Å². The third kappa shape index (κ3) is 4.23. The van der Waals surface area contributed by atoms with Gasteiger partial charge in [-0.15, -0.1) is 11.3 Å². The van der Waals surface area contributed by atoms with E-state index in [1.54, 1.807) is 17.6 Å². The first-order valence-electron chi connectivity index (χ1n) is 8.22. The van der Waals surface area contributed by atoms with E-state index in [1.165, 1.54) is 0 Å². The standard InChI is InChI=1S/C17H23N3O3S/c1-13-18-14(12-24-13)9-17(22)20-6-5-19(15(10-20)4-7-21)11-16-3-2-8-23-16/h2-3,8,12,15,21H,4-7,9-11H2,1H3/t15-/m0/s1. The lowest BCUT2D eigenvalue weighted by atomic mass is 10.1. The second-order valence-electron chi connectivity index (χ2n) is 6.09. The Hall–Kier alpha value is -1.70. The summed E-state index contributed by atoms with van der Waals surface area (Å²) in [5, 5.41) is 12.3. The number of carbonyl (C=O) groups is 1. The molecule has 1 aliphatic rings. The summed E-state index contributed by atoms with van der Waals surface area (Å²) in [6.07, 6.45) is 2.68. The van der Waals surface area contributed by atoms with Gasteiger partial charge in [-0.2, -0.15) is 0 Å². The van der Waals surface area contributed by atoms with E-state index < -0.39 is 0 Å². The van der Waals surface area contributed by atoms with Gasteiger partial charge in [0.1, 0.15) is 5.76 Å². The van der Waals surface area contributed by atoms with E-state index in [4.69, 9.17) is 4.42 Å². The van der Waals surface area contributed by atoms with Crippen LogP contribution in [0.4, 0.5) is 0 Å². The molecule has 1 saturated heterocycles. The second kappa shape index (κ2) is 7.92. The van der Waals surface area contributed by atoms with Gasteiger partial charge in [-0.05, 0) is 25.5 Å². The maximum absolute atomic E-state index is 12.5. The smallest absolute Gasteiger partial charge is 0.228 e. The summed E-state index contributed by atoms with van der Waals surface area (Å²) in [5.74, 6) is 1.02. The van der Waals surface area contributed by atoms with Gasteiger partial charge in [0.15, 0.2) is 0 Å². The molecule has 3 heterocycles. The highest BCUT2D eigenvalue weighted by atomic mass is 32.1. The topological polar surface area (TPSA) is 69.8 Å². The van der Waals surface area contributed by atoms with E-state index in [1.807, 2.05) is 29.3 Å². The van der Waals surface area contributed by atoms with Gasteiger partial charge < -0.3 is 14.4 Å². The van der Waals surface area contributed by atoms with Crippen molar-refractivity contribution in [3.05, 3.63) is 40.2 Å². The summed E-state index contributed by atoms with van der Waals surface area (Å²) >= 11 is 1.57. The Kier molecular flexibility index (Phi) is 5.65. The first-order chi connectivity index (χ1) is 11.7. The van der Waals surface area contributed by atoms with Crippen molar-refractivity contribution >= 4 is 17.2 Å². The normalized spacial score (nSPS) is 18.9. The van der Waals surface area contributed by atoms with Crippen LogP contribution < -0.4 is 0 Å². The van der Waals surface area contributed by atoms with Crippen LogP contribution in [0, 0.1) is 6.92 Å². The Bertz CT molecular complexity index is 656. The van der Waals surface area contributed by atoms with E-state index in [-0.39, 0.29) is 18.6 Å². The van der Waals surface area contributed by atoms with E-state index >= 15 is 0 Å². The molecule has 0 spiro atoms. The molecule has 1 atom stereocenters. The Labute approximate surface area is 145 Å². The predicted molar refractivity (Wildman–Crippen MR) is 91.7 cm³/mol. The molecule has 1 fully saturated rings. The van der Waals surface area contributed by atoms with Gasteiger partial charge in [0.05, 0.1) is 29.9 Å². The lowest BCUT2D eigenvalue weighted by Gasteiger charge is -2.41. The van der Waals surface area contributed by atoms with Crippen molar-refractivity contribution in [2.24, 2.45) is 0 Å². The van der Waals surface area contributed by atoms with Crippen molar-refractivity contribution in [1.82, 2.24) is 14.8 Å². The maximum atomic E-state index is 12.5. The summed E-state index contributed by atoms with van der Waals surface area (Å²) in [6.45, 7) is 4.90. The number of aryl methyl sites for hydroxylation is 1. The molecule has 130 valence electrons. The van der Waals surface area contributed by atoms with E-state index in [0.29, 0.717) is 32.5 Å². The molecule has 0 radical (unpaired) electrons. The van der Waals surface area contributed by atoms with E-state index in [9.17, 15) is 9.90 Å². The quantitative estimate of drug-likeness (QED) is 0.859. The number of aromatic nitrogens is 1.